The van der Waals surface area contributed by atoms with Gasteiger partial charge in [-0.05, 0) is 72.7 Å². The molecule has 1 aliphatic carbocycles. The fourth-order valence-corrected chi connectivity index (χ4v) is 5.20. The molecule has 4 aromatic rings. The molecule has 0 saturated heterocycles. The van der Waals surface area contributed by atoms with E-state index in [0.29, 0.717) is 48.7 Å². The molecule has 6 nitrogen and oxygen atoms in total. The molecule has 1 fully saturated rings. The number of carbonyl (C=O) groups excluding carboxylic acids is 1. The number of carboxylic acid groups (broad SMARTS) is 1. The summed E-state index contributed by atoms with van der Waals surface area (Å²) in [6.07, 6.45) is 4.00. The van der Waals surface area contributed by atoms with E-state index in [1.165, 1.54) is 25.3 Å². The van der Waals surface area contributed by atoms with Crippen LogP contribution in [-0.2, 0) is 11.3 Å². The average Bonchev–Trinajstić information content (AvgIpc) is 3.34. The van der Waals surface area contributed by atoms with E-state index in [4.69, 9.17) is 4.74 Å². The van der Waals surface area contributed by atoms with Gasteiger partial charge in [-0.15, -0.1) is 0 Å². The molecule has 0 aliphatic heterocycles. The first-order valence-corrected chi connectivity index (χ1v) is 12.6. The molecule has 0 radical (unpaired) electrons. The van der Waals surface area contributed by atoms with E-state index >= 15 is 0 Å². The largest absolute Gasteiger partial charge is 0.494 e. The molecule has 8 heteroatoms. The van der Waals surface area contributed by atoms with Gasteiger partial charge in [0.05, 0.1) is 24.1 Å². The van der Waals surface area contributed by atoms with Crippen LogP contribution in [0.25, 0.3) is 22.0 Å². The minimum absolute atomic E-state index is 0.114. The third-order valence-electron chi connectivity index (χ3n) is 7.32. The molecule has 0 bridgehead atoms. The number of fused-ring (bicyclic) bond motifs is 1. The topological polar surface area (TPSA) is 80.6 Å². The Bertz CT molecular complexity index is 1490. The van der Waals surface area contributed by atoms with Gasteiger partial charge in [-0.2, -0.15) is 0 Å². The van der Waals surface area contributed by atoms with Crippen molar-refractivity contribution in [2.24, 2.45) is 5.92 Å². The van der Waals surface area contributed by atoms with E-state index in [2.05, 4.69) is 5.32 Å². The second-order valence-electron chi connectivity index (χ2n) is 9.71. The number of carboxylic acids is 1. The van der Waals surface area contributed by atoms with E-state index in [0.717, 1.165) is 16.7 Å². The van der Waals surface area contributed by atoms with Crippen LogP contribution in [0.1, 0.15) is 41.6 Å². The maximum atomic E-state index is 14.6. The fraction of sp³-hybridized carbons (Fsp3) is 0.267. The summed E-state index contributed by atoms with van der Waals surface area (Å²) in [5, 5.41) is 12.6. The highest BCUT2D eigenvalue weighted by atomic mass is 19.1. The van der Waals surface area contributed by atoms with Crippen molar-refractivity contribution in [3.05, 3.63) is 89.6 Å². The standard InChI is InChI=1S/C30H28F2N2O4/c1-38-27-13-8-21(16-26(27)32)19-4-2-18(3-5-19)17-34-15-14-23-25(31)12-11-24(28(23)34)29(35)33-22-9-6-20(7-10-22)30(36)37/h2-5,8,11-16,20,22H,6-7,9-10,17H2,1H3,(H,33,35)(H,36,37). The number of nitrogens with zero attached hydrogens (tertiary/aromatic N) is 1. The maximum absolute atomic E-state index is 14.6. The number of methoxy groups -OCH3 is 1. The number of aliphatic carboxylic acids is 1. The molecule has 0 atom stereocenters. The number of hydrogen-bond donors (Lipinski definition) is 2. The lowest BCUT2D eigenvalue weighted by molar-refractivity contribution is -0.142. The fourth-order valence-electron chi connectivity index (χ4n) is 5.20. The lowest BCUT2D eigenvalue weighted by atomic mass is 9.86. The summed E-state index contributed by atoms with van der Waals surface area (Å²) in [7, 11) is 1.42. The van der Waals surface area contributed by atoms with Gasteiger partial charge in [-0.3, -0.25) is 9.59 Å². The number of halogens is 2. The highest BCUT2D eigenvalue weighted by Crippen LogP contribution is 2.29. The molecule has 0 unspecified atom stereocenters. The van der Waals surface area contributed by atoms with Gasteiger partial charge in [0.1, 0.15) is 5.82 Å². The van der Waals surface area contributed by atoms with Crippen LogP contribution >= 0.6 is 0 Å². The number of carbonyl (C=O) groups is 2. The predicted octanol–water partition coefficient (Wildman–Crippen LogP) is 6.02. The number of amides is 1. The second-order valence-corrected chi connectivity index (χ2v) is 9.71. The molecule has 2 N–H and O–H groups in total. The van der Waals surface area contributed by atoms with Crippen molar-refractivity contribution in [2.45, 2.75) is 38.3 Å². The van der Waals surface area contributed by atoms with Crippen molar-refractivity contribution < 1.29 is 28.2 Å². The van der Waals surface area contributed by atoms with Gasteiger partial charge in [0.15, 0.2) is 11.6 Å². The number of nitrogens with one attached hydrogen (secondary N) is 1. The van der Waals surface area contributed by atoms with Gasteiger partial charge in [0, 0.05) is 24.2 Å². The van der Waals surface area contributed by atoms with Crippen molar-refractivity contribution >= 4 is 22.8 Å². The Balaban J connectivity index is 1.36. The lowest BCUT2D eigenvalue weighted by Crippen LogP contribution is -2.38. The Labute approximate surface area is 218 Å². The minimum atomic E-state index is -0.794. The Morgan fingerprint density at radius 1 is 0.947 bits per heavy atom. The normalized spacial score (nSPS) is 17.3. The number of rotatable bonds is 7. The first-order valence-electron chi connectivity index (χ1n) is 12.6. The van der Waals surface area contributed by atoms with Gasteiger partial charge in [-0.1, -0.05) is 30.3 Å². The number of aromatic nitrogens is 1. The Kier molecular flexibility index (Phi) is 7.13. The van der Waals surface area contributed by atoms with E-state index < -0.39 is 17.6 Å². The van der Waals surface area contributed by atoms with Crippen LogP contribution in [-0.4, -0.2) is 34.7 Å². The van der Waals surface area contributed by atoms with E-state index in [1.54, 1.807) is 24.4 Å². The molecule has 1 saturated carbocycles. The molecule has 1 heterocycles. The molecule has 5 rings (SSSR count). The molecule has 38 heavy (non-hydrogen) atoms. The summed E-state index contributed by atoms with van der Waals surface area (Å²) >= 11 is 0. The van der Waals surface area contributed by atoms with E-state index in [-0.39, 0.29) is 23.6 Å². The van der Waals surface area contributed by atoms with Gasteiger partial charge in [0.25, 0.3) is 5.91 Å². The summed E-state index contributed by atoms with van der Waals surface area (Å²) in [4.78, 5) is 24.5. The zero-order valence-corrected chi connectivity index (χ0v) is 20.9. The summed E-state index contributed by atoms with van der Waals surface area (Å²) < 4.78 is 35.6. The van der Waals surface area contributed by atoms with Crippen molar-refractivity contribution in [2.75, 3.05) is 7.11 Å². The van der Waals surface area contributed by atoms with E-state index in [9.17, 15) is 23.5 Å². The van der Waals surface area contributed by atoms with Crippen LogP contribution in [0, 0.1) is 17.6 Å². The van der Waals surface area contributed by atoms with Crippen molar-refractivity contribution in [1.29, 1.82) is 0 Å². The molecule has 3 aromatic carbocycles. The number of ether oxygens (including phenoxy) is 1. The van der Waals surface area contributed by atoms with Crippen LogP contribution in [0.3, 0.4) is 0 Å². The van der Waals surface area contributed by atoms with Crippen LogP contribution in [0.2, 0.25) is 0 Å². The van der Waals surface area contributed by atoms with Crippen molar-refractivity contribution in [3.63, 3.8) is 0 Å². The average molecular weight is 519 g/mol. The lowest BCUT2D eigenvalue weighted by Gasteiger charge is -2.27. The first kappa shape index (κ1) is 25.4. The zero-order chi connectivity index (χ0) is 26.8. The molecular formula is C30H28F2N2O4. The highest BCUT2D eigenvalue weighted by molar-refractivity contribution is 6.06. The quantitative estimate of drug-likeness (QED) is 0.314. The summed E-state index contributed by atoms with van der Waals surface area (Å²) in [5.41, 5.74) is 3.37. The van der Waals surface area contributed by atoms with Crippen molar-refractivity contribution in [3.8, 4) is 16.9 Å². The van der Waals surface area contributed by atoms with Gasteiger partial charge < -0.3 is 19.7 Å². The Morgan fingerprint density at radius 2 is 1.66 bits per heavy atom. The summed E-state index contributed by atoms with van der Waals surface area (Å²) in [6, 6.07) is 16.8. The van der Waals surface area contributed by atoms with Crippen LogP contribution < -0.4 is 10.1 Å². The predicted molar refractivity (Wildman–Crippen MR) is 140 cm³/mol. The van der Waals surface area contributed by atoms with Crippen molar-refractivity contribution in [1.82, 2.24) is 9.88 Å². The van der Waals surface area contributed by atoms with Crippen LogP contribution in [0.4, 0.5) is 8.78 Å². The molecule has 0 spiro atoms. The van der Waals surface area contributed by atoms with Gasteiger partial charge in [0.2, 0.25) is 0 Å². The summed E-state index contributed by atoms with van der Waals surface area (Å²) in [5.74, 6) is -2.12. The van der Waals surface area contributed by atoms with Gasteiger partial charge in [-0.25, -0.2) is 8.78 Å². The van der Waals surface area contributed by atoms with Crippen LogP contribution in [0.15, 0.2) is 66.9 Å². The van der Waals surface area contributed by atoms with Crippen LogP contribution in [0.5, 0.6) is 5.75 Å². The second kappa shape index (κ2) is 10.7. The Hall–Kier alpha value is -4.20. The SMILES string of the molecule is COc1ccc(-c2ccc(Cn3ccc4c(F)ccc(C(=O)NC5CCC(C(=O)O)CC5)c43)cc2)cc1F. The molecule has 1 aromatic heterocycles. The smallest absolute Gasteiger partial charge is 0.306 e. The number of hydrogen-bond acceptors (Lipinski definition) is 3. The molecular weight excluding hydrogens is 490 g/mol. The monoisotopic (exact) mass is 518 g/mol. The molecule has 1 amide bonds. The first-order chi connectivity index (χ1) is 18.3. The zero-order valence-electron chi connectivity index (χ0n) is 20.9. The molecule has 196 valence electrons. The molecule has 1 aliphatic rings. The third-order valence-corrected chi connectivity index (χ3v) is 7.32. The Morgan fingerprint density at radius 3 is 2.32 bits per heavy atom. The minimum Gasteiger partial charge on any atom is -0.494 e. The third kappa shape index (κ3) is 5.11. The van der Waals surface area contributed by atoms with Gasteiger partial charge >= 0.3 is 5.97 Å². The summed E-state index contributed by atoms with van der Waals surface area (Å²) in [6.45, 7) is 0.411. The number of benzene rings is 3. The highest BCUT2D eigenvalue weighted by Gasteiger charge is 2.27. The maximum Gasteiger partial charge on any atom is 0.306 e. The van der Waals surface area contributed by atoms with E-state index in [1.807, 2.05) is 28.8 Å².